The fourth-order valence-electron chi connectivity index (χ4n) is 4.06. The summed E-state index contributed by atoms with van der Waals surface area (Å²) in [5.74, 6) is 0. The molecule has 138 valence electrons. The van der Waals surface area contributed by atoms with E-state index in [0.717, 1.165) is 25.8 Å². The normalized spacial score (nSPS) is 20.6. The molecule has 1 saturated carbocycles. The summed E-state index contributed by atoms with van der Waals surface area (Å²) in [5.41, 5.74) is 0.125. The lowest BCUT2D eigenvalue weighted by atomic mass is 10.2. The third kappa shape index (κ3) is 3.95. The Hall–Kier alpha value is -1.67. The molecule has 0 unspecified atom stereocenters. The van der Waals surface area contributed by atoms with Crippen molar-refractivity contribution in [2.45, 2.75) is 43.0 Å². The number of nitro groups is 1. The Morgan fingerprint density at radius 3 is 2.44 bits per heavy atom. The van der Waals surface area contributed by atoms with Crippen LogP contribution in [0.25, 0.3) is 0 Å². The molecule has 1 aliphatic carbocycles. The van der Waals surface area contributed by atoms with Gasteiger partial charge in [-0.15, -0.1) is 0 Å². The van der Waals surface area contributed by atoms with Crippen LogP contribution in [0.3, 0.4) is 0 Å². The zero-order valence-corrected chi connectivity index (χ0v) is 15.4. The average Bonchev–Trinajstić information content (AvgIpc) is 2.98. The van der Waals surface area contributed by atoms with Crippen LogP contribution in [0.15, 0.2) is 23.1 Å². The van der Waals surface area contributed by atoms with E-state index in [2.05, 4.69) is 4.90 Å². The number of nitro benzene ring substituents is 1. The summed E-state index contributed by atoms with van der Waals surface area (Å²) in [6.07, 6.45) is 6.99. The summed E-state index contributed by atoms with van der Waals surface area (Å²) in [4.78, 5) is 15.3. The van der Waals surface area contributed by atoms with Crippen LogP contribution < -0.4 is 4.90 Å². The number of rotatable bonds is 4. The first-order valence-electron chi connectivity index (χ1n) is 8.84. The Labute approximate surface area is 148 Å². The highest BCUT2D eigenvalue weighted by Crippen LogP contribution is 2.35. The zero-order valence-electron chi connectivity index (χ0n) is 14.6. The van der Waals surface area contributed by atoms with Crippen molar-refractivity contribution in [3.05, 3.63) is 28.3 Å². The molecule has 8 heteroatoms. The molecule has 0 bridgehead atoms. The predicted octanol–water partition coefficient (Wildman–Crippen LogP) is 2.45. The largest absolute Gasteiger partial charge is 0.365 e. The molecule has 1 heterocycles. The minimum atomic E-state index is -3.65. The minimum Gasteiger partial charge on any atom is -0.365 e. The van der Waals surface area contributed by atoms with Gasteiger partial charge in [-0.05, 0) is 31.4 Å². The Morgan fingerprint density at radius 1 is 1.08 bits per heavy atom. The lowest BCUT2D eigenvalue weighted by Crippen LogP contribution is -2.37. The summed E-state index contributed by atoms with van der Waals surface area (Å²) < 4.78 is 23.9. The molecule has 1 aliphatic heterocycles. The summed E-state index contributed by atoms with van der Waals surface area (Å²) >= 11 is 0. The van der Waals surface area contributed by atoms with Gasteiger partial charge in [0.1, 0.15) is 10.6 Å². The van der Waals surface area contributed by atoms with Gasteiger partial charge in [-0.3, -0.25) is 15.0 Å². The molecule has 7 nitrogen and oxygen atoms in total. The maximum absolute atomic E-state index is 12.0. The van der Waals surface area contributed by atoms with Crippen molar-refractivity contribution in [2.24, 2.45) is 0 Å². The molecule has 25 heavy (non-hydrogen) atoms. The highest BCUT2D eigenvalue weighted by atomic mass is 32.2. The zero-order chi connectivity index (χ0) is 18.0. The van der Waals surface area contributed by atoms with Gasteiger partial charge in [0, 0.05) is 38.5 Å². The van der Waals surface area contributed by atoms with Gasteiger partial charge in [0.15, 0.2) is 9.84 Å². The fraction of sp³-hybridized carbons (Fsp3) is 0.647. The van der Waals surface area contributed by atoms with Crippen LogP contribution in [0.2, 0.25) is 0 Å². The number of para-hydroxylation sites is 1. The second-order valence-corrected chi connectivity index (χ2v) is 8.95. The SMILES string of the molecule is CS(=O)(=O)c1cccc(N2CCCN(C3CCCC3)CC2)c1[N+](=O)[O-]. The number of hydrogen-bond donors (Lipinski definition) is 0. The van der Waals surface area contributed by atoms with Crippen LogP contribution >= 0.6 is 0 Å². The van der Waals surface area contributed by atoms with Crippen molar-refractivity contribution in [2.75, 3.05) is 37.3 Å². The van der Waals surface area contributed by atoms with Crippen LogP contribution in [-0.2, 0) is 9.84 Å². The van der Waals surface area contributed by atoms with Crippen molar-refractivity contribution in [1.82, 2.24) is 4.90 Å². The van der Waals surface area contributed by atoms with Gasteiger partial charge in [-0.25, -0.2) is 8.42 Å². The van der Waals surface area contributed by atoms with E-state index in [1.807, 2.05) is 4.90 Å². The van der Waals surface area contributed by atoms with Crippen molar-refractivity contribution >= 4 is 21.2 Å². The smallest absolute Gasteiger partial charge is 0.311 e. The first-order valence-corrected chi connectivity index (χ1v) is 10.7. The molecule has 1 aromatic carbocycles. The summed E-state index contributed by atoms with van der Waals surface area (Å²) in [6, 6.07) is 5.22. The number of hydrogen-bond acceptors (Lipinski definition) is 6. The first kappa shape index (κ1) is 18.1. The summed E-state index contributed by atoms with van der Waals surface area (Å²) in [7, 11) is -3.65. The second kappa shape index (κ2) is 7.29. The molecule has 3 rings (SSSR count). The van der Waals surface area contributed by atoms with E-state index < -0.39 is 14.8 Å². The molecule has 2 aliphatic rings. The number of nitrogens with zero attached hydrogens (tertiary/aromatic N) is 3. The Bertz CT molecular complexity index is 744. The van der Waals surface area contributed by atoms with Gasteiger partial charge in [0.25, 0.3) is 0 Å². The standard InChI is InChI=1S/C17H25N3O4S/c1-25(23,24)16-9-4-8-15(17(16)20(21)22)19-11-5-10-18(12-13-19)14-6-2-3-7-14/h4,8-9,14H,2-3,5-7,10-13H2,1H3. The molecule has 1 saturated heterocycles. The highest BCUT2D eigenvalue weighted by Gasteiger charge is 2.31. The maximum Gasteiger partial charge on any atom is 0.311 e. The number of sulfone groups is 1. The van der Waals surface area contributed by atoms with E-state index in [1.165, 1.54) is 31.7 Å². The minimum absolute atomic E-state index is 0.202. The lowest BCUT2D eigenvalue weighted by molar-refractivity contribution is -0.387. The quantitative estimate of drug-likeness (QED) is 0.600. The van der Waals surface area contributed by atoms with E-state index in [-0.39, 0.29) is 10.6 Å². The van der Waals surface area contributed by atoms with Gasteiger partial charge in [-0.1, -0.05) is 18.9 Å². The topological polar surface area (TPSA) is 83.8 Å². The molecule has 0 aromatic heterocycles. The van der Waals surface area contributed by atoms with Gasteiger partial charge < -0.3 is 4.90 Å². The van der Waals surface area contributed by atoms with E-state index >= 15 is 0 Å². The van der Waals surface area contributed by atoms with Crippen molar-refractivity contribution < 1.29 is 13.3 Å². The molecule has 0 radical (unpaired) electrons. The number of anilines is 1. The van der Waals surface area contributed by atoms with Crippen LogP contribution in [0.1, 0.15) is 32.1 Å². The molecule has 0 N–H and O–H groups in total. The summed E-state index contributed by atoms with van der Waals surface area (Å²) in [5, 5.41) is 11.6. The van der Waals surface area contributed by atoms with E-state index in [0.29, 0.717) is 24.8 Å². The van der Waals surface area contributed by atoms with Crippen LogP contribution in [-0.4, -0.2) is 56.7 Å². The van der Waals surface area contributed by atoms with Gasteiger partial charge >= 0.3 is 5.69 Å². The lowest BCUT2D eigenvalue weighted by Gasteiger charge is -2.27. The molecular weight excluding hydrogens is 342 g/mol. The predicted molar refractivity (Wildman–Crippen MR) is 96.9 cm³/mol. The molecule has 0 amide bonds. The van der Waals surface area contributed by atoms with Gasteiger partial charge in [-0.2, -0.15) is 0 Å². The highest BCUT2D eigenvalue weighted by molar-refractivity contribution is 7.90. The number of benzene rings is 1. The van der Waals surface area contributed by atoms with Crippen molar-refractivity contribution in [1.29, 1.82) is 0 Å². The van der Waals surface area contributed by atoms with Crippen molar-refractivity contribution in [3.8, 4) is 0 Å². The third-order valence-corrected chi connectivity index (χ3v) is 6.40. The Morgan fingerprint density at radius 2 is 1.80 bits per heavy atom. The molecule has 2 fully saturated rings. The average molecular weight is 367 g/mol. The molecular formula is C17H25N3O4S. The van der Waals surface area contributed by atoms with Crippen LogP contribution in [0, 0.1) is 10.1 Å². The van der Waals surface area contributed by atoms with E-state index in [4.69, 9.17) is 0 Å². The van der Waals surface area contributed by atoms with Gasteiger partial charge in [0.05, 0.1) is 4.92 Å². The van der Waals surface area contributed by atoms with Crippen molar-refractivity contribution in [3.63, 3.8) is 0 Å². The van der Waals surface area contributed by atoms with Crippen LogP contribution in [0.4, 0.5) is 11.4 Å². The monoisotopic (exact) mass is 367 g/mol. The van der Waals surface area contributed by atoms with E-state index in [9.17, 15) is 18.5 Å². The Kier molecular flexibility index (Phi) is 5.29. The maximum atomic E-state index is 12.0. The molecule has 0 atom stereocenters. The Balaban J connectivity index is 1.87. The second-order valence-electron chi connectivity index (χ2n) is 6.97. The molecule has 1 aromatic rings. The fourth-order valence-corrected chi connectivity index (χ4v) is 4.92. The van der Waals surface area contributed by atoms with Gasteiger partial charge in [0.2, 0.25) is 0 Å². The third-order valence-electron chi connectivity index (χ3n) is 5.27. The first-order chi connectivity index (χ1) is 11.9. The summed E-state index contributed by atoms with van der Waals surface area (Å²) in [6.45, 7) is 3.26. The van der Waals surface area contributed by atoms with Crippen LogP contribution in [0.5, 0.6) is 0 Å². The van der Waals surface area contributed by atoms with E-state index in [1.54, 1.807) is 12.1 Å². The molecule has 0 spiro atoms.